The number of benzene rings is 3. The molecule has 0 bridgehead atoms. The molecule has 0 aliphatic heterocycles. The van der Waals surface area contributed by atoms with Crippen molar-refractivity contribution in [3.8, 4) is 17.2 Å². The lowest BCUT2D eigenvalue weighted by atomic mass is 10.2. The van der Waals surface area contributed by atoms with Crippen molar-refractivity contribution in [1.29, 1.82) is 0 Å². The van der Waals surface area contributed by atoms with Crippen molar-refractivity contribution >= 4 is 28.3 Å². The standard InChI is InChI=1S/C24H19F3N4O4/c1-31-13-28-19-8-7-17(12-18(19)22(31)32)35-16-5-3-4-15(11-16)29-23(33)30-20-10-14(24(25,26)27)6-9-21(20)34-2/h3-13H,1-2H3,(H2,29,30,33). The third kappa shape index (κ3) is 5.35. The molecule has 4 rings (SSSR count). The van der Waals surface area contributed by atoms with Gasteiger partial charge in [-0.25, -0.2) is 9.78 Å². The summed E-state index contributed by atoms with van der Waals surface area (Å²) in [5.41, 5.74) is -0.442. The number of nitrogens with one attached hydrogen (secondary N) is 2. The van der Waals surface area contributed by atoms with Gasteiger partial charge in [0, 0.05) is 18.8 Å². The van der Waals surface area contributed by atoms with Crippen molar-refractivity contribution in [2.75, 3.05) is 17.7 Å². The fraction of sp³-hybridized carbons (Fsp3) is 0.125. The molecule has 8 nitrogen and oxygen atoms in total. The fourth-order valence-electron chi connectivity index (χ4n) is 3.29. The zero-order valence-electron chi connectivity index (χ0n) is 18.5. The number of alkyl halides is 3. The molecule has 35 heavy (non-hydrogen) atoms. The molecule has 4 aromatic rings. The van der Waals surface area contributed by atoms with Crippen LogP contribution in [0.1, 0.15) is 5.56 Å². The molecule has 0 aliphatic rings. The van der Waals surface area contributed by atoms with Gasteiger partial charge < -0.3 is 24.7 Å². The summed E-state index contributed by atoms with van der Waals surface area (Å²) in [5, 5.41) is 5.29. The molecule has 0 saturated heterocycles. The second-order valence-corrected chi connectivity index (χ2v) is 7.46. The highest BCUT2D eigenvalue weighted by Gasteiger charge is 2.31. The molecule has 2 amide bonds. The first kappa shape index (κ1) is 23.6. The average molecular weight is 484 g/mol. The lowest BCUT2D eigenvalue weighted by Gasteiger charge is -2.14. The molecule has 11 heteroatoms. The summed E-state index contributed by atoms with van der Waals surface area (Å²) in [7, 11) is 2.88. The molecule has 1 aromatic heterocycles. The Morgan fingerprint density at radius 3 is 2.51 bits per heavy atom. The van der Waals surface area contributed by atoms with E-state index in [0.717, 1.165) is 18.2 Å². The number of aryl methyl sites for hydroxylation is 1. The van der Waals surface area contributed by atoms with E-state index in [4.69, 9.17) is 9.47 Å². The van der Waals surface area contributed by atoms with Crippen LogP contribution in [0.4, 0.5) is 29.3 Å². The number of anilines is 2. The van der Waals surface area contributed by atoms with Crippen molar-refractivity contribution in [1.82, 2.24) is 9.55 Å². The van der Waals surface area contributed by atoms with Gasteiger partial charge in [-0.15, -0.1) is 0 Å². The van der Waals surface area contributed by atoms with Gasteiger partial charge in [-0.1, -0.05) is 6.07 Å². The number of amides is 2. The number of halogens is 3. The highest BCUT2D eigenvalue weighted by molar-refractivity contribution is 6.00. The maximum absolute atomic E-state index is 13.0. The highest BCUT2D eigenvalue weighted by atomic mass is 19.4. The van der Waals surface area contributed by atoms with Crippen LogP contribution in [-0.4, -0.2) is 22.7 Å². The van der Waals surface area contributed by atoms with Gasteiger partial charge in [-0.05, 0) is 48.5 Å². The zero-order valence-corrected chi connectivity index (χ0v) is 18.5. The van der Waals surface area contributed by atoms with Gasteiger partial charge in [0.2, 0.25) is 0 Å². The predicted octanol–water partition coefficient (Wildman–Crippen LogP) is 5.40. The van der Waals surface area contributed by atoms with Crippen molar-refractivity contribution in [2.45, 2.75) is 6.18 Å². The normalized spacial score (nSPS) is 11.2. The second-order valence-electron chi connectivity index (χ2n) is 7.46. The van der Waals surface area contributed by atoms with Crippen LogP contribution in [0.5, 0.6) is 17.2 Å². The number of carbonyl (C=O) groups is 1. The van der Waals surface area contributed by atoms with Gasteiger partial charge >= 0.3 is 12.2 Å². The van der Waals surface area contributed by atoms with Crippen LogP contribution in [0.25, 0.3) is 10.9 Å². The summed E-state index contributed by atoms with van der Waals surface area (Å²) in [4.78, 5) is 29.0. The van der Waals surface area contributed by atoms with Crippen LogP contribution >= 0.6 is 0 Å². The zero-order chi connectivity index (χ0) is 25.2. The largest absolute Gasteiger partial charge is 0.495 e. The summed E-state index contributed by atoms with van der Waals surface area (Å²) >= 11 is 0. The summed E-state index contributed by atoms with van der Waals surface area (Å²) < 4.78 is 51.3. The highest BCUT2D eigenvalue weighted by Crippen LogP contribution is 2.35. The SMILES string of the molecule is COc1ccc(C(F)(F)F)cc1NC(=O)Nc1cccc(Oc2ccc3ncn(C)c(=O)c3c2)c1. The molecular formula is C24H19F3N4O4. The predicted molar refractivity (Wildman–Crippen MR) is 124 cm³/mol. The van der Waals surface area contributed by atoms with Gasteiger partial charge in [0.15, 0.2) is 0 Å². The molecule has 0 atom stereocenters. The summed E-state index contributed by atoms with van der Waals surface area (Å²) in [5.74, 6) is 0.819. The molecule has 0 aliphatic carbocycles. The summed E-state index contributed by atoms with van der Waals surface area (Å²) in [6.07, 6.45) is -3.14. The number of rotatable bonds is 5. The minimum Gasteiger partial charge on any atom is -0.495 e. The second kappa shape index (κ2) is 9.37. The summed E-state index contributed by atoms with van der Waals surface area (Å²) in [6.45, 7) is 0. The van der Waals surface area contributed by atoms with Crippen LogP contribution < -0.4 is 25.7 Å². The van der Waals surface area contributed by atoms with E-state index in [0.29, 0.717) is 28.1 Å². The Bertz CT molecular complexity index is 1470. The molecule has 0 spiro atoms. The third-order valence-corrected chi connectivity index (χ3v) is 4.99. The van der Waals surface area contributed by atoms with E-state index in [2.05, 4.69) is 15.6 Å². The molecule has 2 N–H and O–H groups in total. The first-order valence-corrected chi connectivity index (χ1v) is 10.2. The Labute approximate surface area is 196 Å². The molecule has 0 radical (unpaired) electrons. The van der Waals surface area contributed by atoms with Crippen LogP contribution in [-0.2, 0) is 13.2 Å². The van der Waals surface area contributed by atoms with E-state index in [1.54, 1.807) is 43.4 Å². The Hall–Kier alpha value is -4.54. The van der Waals surface area contributed by atoms with Crippen LogP contribution in [0.3, 0.4) is 0 Å². The molecule has 0 unspecified atom stereocenters. The van der Waals surface area contributed by atoms with Gasteiger partial charge in [0.05, 0.1) is 35.6 Å². The number of methoxy groups -OCH3 is 1. The third-order valence-electron chi connectivity index (χ3n) is 4.99. The first-order valence-electron chi connectivity index (χ1n) is 10.2. The number of fused-ring (bicyclic) bond motifs is 1. The molecule has 1 heterocycles. The monoisotopic (exact) mass is 484 g/mol. The van der Waals surface area contributed by atoms with Gasteiger partial charge in [-0.2, -0.15) is 13.2 Å². The van der Waals surface area contributed by atoms with E-state index < -0.39 is 17.8 Å². The number of hydrogen-bond donors (Lipinski definition) is 2. The Kier molecular flexibility index (Phi) is 6.32. The van der Waals surface area contributed by atoms with E-state index in [1.165, 1.54) is 24.1 Å². The van der Waals surface area contributed by atoms with E-state index in [-0.39, 0.29) is 17.0 Å². The Balaban J connectivity index is 1.50. The first-order chi connectivity index (χ1) is 16.6. The molecule has 0 fully saturated rings. The van der Waals surface area contributed by atoms with E-state index in [9.17, 15) is 22.8 Å². The Morgan fingerprint density at radius 1 is 1.00 bits per heavy atom. The van der Waals surface area contributed by atoms with Crippen molar-refractivity contribution in [3.05, 3.63) is 82.9 Å². The Morgan fingerprint density at radius 2 is 1.77 bits per heavy atom. The van der Waals surface area contributed by atoms with Crippen molar-refractivity contribution < 1.29 is 27.4 Å². The molecule has 3 aromatic carbocycles. The van der Waals surface area contributed by atoms with E-state index >= 15 is 0 Å². The molecule has 180 valence electrons. The van der Waals surface area contributed by atoms with Gasteiger partial charge in [0.1, 0.15) is 17.2 Å². The number of carbonyl (C=O) groups excluding carboxylic acids is 1. The van der Waals surface area contributed by atoms with Gasteiger partial charge in [-0.3, -0.25) is 4.79 Å². The number of hydrogen-bond acceptors (Lipinski definition) is 5. The lowest BCUT2D eigenvalue weighted by molar-refractivity contribution is -0.137. The topological polar surface area (TPSA) is 94.5 Å². The lowest BCUT2D eigenvalue weighted by Crippen LogP contribution is -2.20. The fourth-order valence-corrected chi connectivity index (χ4v) is 3.29. The minimum atomic E-state index is -4.58. The maximum atomic E-state index is 13.0. The minimum absolute atomic E-state index is 0.0715. The summed E-state index contributed by atoms with van der Waals surface area (Å²) in [6, 6.07) is 13.2. The smallest absolute Gasteiger partial charge is 0.416 e. The number of aromatic nitrogens is 2. The number of nitrogens with zero attached hydrogens (tertiary/aromatic N) is 2. The van der Waals surface area contributed by atoms with Crippen molar-refractivity contribution in [3.63, 3.8) is 0 Å². The number of urea groups is 1. The maximum Gasteiger partial charge on any atom is 0.416 e. The van der Waals surface area contributed by atoms with Crippen LogP contribution in [0, 0.1) is 0 Å². The number of ether oxygens (including phenoxy) is 2. The average Bonchev–Trinajstić information content (AvgIpc) is 2.81. The van der Waals surface area contributed by atoms with E-state index in [1.807, 2.05) is 0 Å². The molecular weight excluding hydrogens is 465 g/mol. The van der Waals surface area contributed by atoms with Crippen LogP contribution in [0.2, 0.25) is 0 Å². The van der Waals surface area contributed by atoms with Gasteiger partial charge in [0.25, 0.3) is 5.56 Å². The molecule has 0 saturated carbocycles. The van der Waals surface area contributed by atoms with Crippen molar-refractivity contribution in [2.24, 2.45) is 7.05 Å². The van der Waals surface area contributed by atoms with Crippen LogP contribution in [0.15, 0.2) is 71.8 Å². The quantitative estimate of drug-likeness (QED) is 0.396.